The summed E-state index contributed by atoms with van der Waals surface area (Å²) >= 11 is 0. The van der Waals surface area contributed by atoms with Crippen LogP contribution in [-0.4, -0.2) is 39.5 Å². The number of aromatic nitrogens is 1. The first-order valence-electron chi connectivity index (χ1n) is 7.91. The number of carboxylic acid groups (broad SMARTS) is 1. The monoisotopic (exact) mass is 330 g/mol. The summed E-state index contributed by atoms with van der Waals surface area (Å²) in [6.45, 7) is 5.16. The van der Waals surface area contributed by atoms with Crippen molar-refractivity contribution in [1.82, 2.24) is 9.88 Å². The molecular weight excluding hydrogens is 308 g/mol. The van der Waals surface area contributed by atoms with Crippen LogP contribution < -0.4 is 0 Å². The third-order valence-corrected chi connectivity index (χ3v) is 3.68. The summed E-state index contributed by atoms with van der Waals surface area (Å²) in [6, 6.07) is 9.49. The fraction of sp³-hybridized carbons (Fsp3) is 0.389. The fourth-order valence-corrected chi connectivity index (χ4v) is 2.48. The molecule has 0 bridgehead atoms. The molecule has 1 aromatic carbocycles. The highest BCUT2D eigenvalue weighted by atomic mass is 16.4. The maximum Gasteiger partial charge on any atom is 0.323 e. The average molecular weight is 330 g/mol. The van der Waals surface area contributed by atoms with Crippen LogP contribution in [0, 0.1) is 6.92 Å². The predicted molar refractivity (Wildman–Crippen MR) is 89.5 cm³/mol. The zero-order valence-electron chi connectivity index (χ0n) is 14.2. The molecular formula is C18H22N2O4. The molecule has 0 aliphatic rings. The molecule has 2 rings (SSSR count). The Morgan fingerprint density at radius 3 is 2.50 bits per heavy atom. The second-order valence-electron chi connectivity index (χ2n) is 5.90. The molecule has 0 aliphatic heterocycles. The Kier molecular flexibility index (Phi) is 5.73. The highest BCUT2D eigenvalue weighted by molar-refractivity contribution is 5.81. The second-order valence-corrected chi connectivity index (χ2v) is 5.90. The number of carbonyl (C=O) groups excluding carboxylic acids is 1. The third-order valence-electron chi connectivity index (χ3n) is 3.68. The molecule has 0 saturated heterocycles. The molecule has 0 spiro atoms. The lowest BCUT2D eigenvalue weighted by Gasteiger charge is -2.24. The van der Waals surface area contributed by atoms with E-state index in [4.69, 9.17) is 9.52 Å². The van der Waals surface area contributed by atoms with Crippen molar-refractivity contribution in [3.8, 4) is 11.3 Å². The maximum atomic E-state index is 12.2. The van der Waals surface area contributed by atoms with E-state index in [1.54, 1.807) is 13.8 Å². The molecule has 24 heavy (non-hydrogen) atoms. The molecule has 128 valence electrons. The van der Waals surface area contributed by atoms with Gasteiger partial charge in [-0.15, -0.1) is 0 Å². The lowest BCUT2D eigenvalue weighted by molar-refractivity contribution is -0.145. The number of hydrogen-bond donors (Lipinski definition) is 1. The van der Waals surface area contributed by atoms with E-state index in [2.05, 4.69) is 4.98 Å². The van der Waals surface area contributed by atoms with Crippen molar-refractivity contribution in [3.05, 3.63) is 41.9 Å². The van der Waals surface area contributed by atoms with Gasteiger partial charge < -0.3 is 14.4 Å². The SMILES string of the molecule is Cc1nc(CCC(=O)N(CC(=O)O)C(C)C)oc1-c1ccccc1. The number of carbonyl (C=O) groups is 2. The molecule has 0 aliphatic carbocycles. The van der Waals surface area contributed by atoms with Crippen LogP contribution in [0.25, 0.3) is 11.3 Å². The quantitative estimate of drug-likeness (QED) is 0.844. The van der Waals surface area contributed by atoms with Crippen LogP contribution in [0.3, 0.4) is 0 Å². The van der Waals surface area contributed by atoms with Crippen molar-refractivity contribution >= 4 is 11.9 Å². The smallest absolute Gasteiger partial charge is 0.323 e. The minimum Gasteiger partial charge on any atom is -0.480 e. The zero-order valence-corrected chi connectivity index (χ0v) is 14.2. The van der Waals surface area contributed by atoms with Gasteiger partial charge in [-0.2, -0.15) is 0 Å². The van der Waals surface area contributed by atoms with Crippen molar-refractivity contribution in [2.45, 2.75) is 39.7 Å². The average Bonchev–Trinajstić information content (AvgIpc) is 2.91. The molecule has 0 radical (unpaired) electrons. The zero-order chi connectivity index (χ0) is 17.7. The number of aliphatic carboxylic acids is 1. The van der Waals surface area contributed by atoms with Gasteiger partial charge in [-0.3, -0.25) is 9.59 Å². The van der Waals surface area contributed by atoms with E-state index < -0.39 is 5.97 Å². The molecule has 0 atom stereocenters. The van der Waals surface area contributed by atoms with E-state index in [0.717, 1.165) is 11.3 Å². The Hall–Kier alpha value is -2.63. The lowest BCUT2D eigenvalue weighted by atomic mass is 10.1. The topological polar surface area (TPSA) is 83.6 Å². The van der Waals surface area contributed by atoms with Crippen molar-refractivity contribution in [3.63, 3.8) is 0 Å². The van der Waals surface area contributed by atoms with Gasteiger partial charge in [-0.05, 0) is 20.8 Å². The Bertz CT molecular complexity index is 707. The van der Waals surface area contributed by atoms with Crippen LogP contribution in [0.2, 0.25) is 0 Å². The lowest BCUT2D eigenvalue weighted by Crippen LogP contribution is -2.40. The molecule has 6 heteroatoms. The molecule has 6 nitrogen and oxygen atoms in total. The van der Waals surface area contributed by atoms with Gasteiger partial charge in [-0.25, -0.2) is 4.98 Å². The number of carboxylic acids is 1. The fourth-order valence-electron chi connectivity index (χ4n) is 2.48. The molecule has 0 unspecified atom stereocenters. The van der Waals surface area contributed by atoms with Crippen molar-refractivity contribution in [2.24, 2.45) is 0 Å². The summed E-state index contributed by atoms with van der Waals surface area (Å²) in [5, 5.41) is 8.91. The van der Waals surface area contributed by atoms with Crippen LogP contribution in [0.1, 0.15) is 31.9 Å². The van der Waals surface area contributed by atoms with Crippen LogP contribution >= 0.6 is 0 Å². The van der Waals surface area contributed by atoms with Gasteiger partial charge in [0.2, 0.25) is 5.91 Å². The summed E-state index contributed by atoms with van der Waals surface area (Å²) < 4.78 is 5.77. The van der Waals surface area contributed by atoms with Crippen LogP contribution in [0.4, 0.5) is 0 Å². The van der Waals surface area contributed by atoms with Gasteiger partial charge in [-0.1, -0.05) is 30.3 Å². The minimum absolute atomic E-state index is 0.166. The Labute approximate surface area is 141 Å². The highest BCUT2D eigenvalue weighted by Gasteiger charge is 2.20. The number of amides is 1. The largest absolute Gasteiger partial charge is 0.480 e. The third kappa shape index (κ3) is 4.44. The molecule has 0 saturated carbocycles. The van der Waals surface area contributed by atoms with E-state index in [1.165, 1.54) is 4.90 Å². The summed E-state index contributed by atoms with van der Waals surface area (Å²) in [4.78, 5) is 28.8. The number of rotatable bonds is 7. The van der Waals surface area contributed by atoms with E-state index in [9.17, 15) is 9.59 Å². The van der Waals surface area contributed by atoms with Crippen LogP contribution in [-0.2, 0) is 16.0 Å². The van der Waals surface area contributed by atoms with Gasteiger partial charge in [0.1, 0.15) is 6.54 Å². The standard InChI is InChI=1S/C18H22N2O4/c1-12(2)20(11-17(22)23)16(21)10-9-15-19-13(3)18(24-15)14-7-5-4-6-8-14/h4-8,12H,9-11H2,1-3H3,(H,22,23). The number of nitrogens with zero attached hydrogens (tertiary/aromatic N) is 2. The first-order chi connectivity index (χ1) is 11.4. The minimum atomic E-state index is -1.02. The van der Waals surface area contributed by atoms with Gasteiger partial charge in [0.25, 0.3) is 0 Å². The molecule has 0 fully saturated rings. The van der Waals surface area contributed by atoms with Crippen molar-refractivity contribution in [1.29, 1.82) is 0 Å². The summed E-state index contributed by atoms with van der Waals surface area (Å²) in [5.74, 6) is -0.0528. The van der Waals surface area contributed by atoms with Crippen molar-refractivity contribution < 1.29 is 19.1 Å². The summed E-state index contributed by atoms with van der Waals surface area (Å²) in [6.07, 6.45) is 0.509. The predicted octanol–water partition coefficient (Wildman–Crippen LogP) is 2.90. The molecule has 1 amide bonds. The Morgan fingerprint density at radius 2 is 1.92 bits per heavy atom. The molecule has 1 aromatic heterocycles. The first kappa shape index (κ1) is 17.7. The number of hydrogen-bond acceptors (Lipinski definition) is 4. The van der Waals surface area contributed by atoms with E-state index in [1.807, 2.05) is 37.3 Å². The van der Waals surface area contributed by atoms with Gasteiger partial charge >= 0.3 is 5.97 Å². The number of benzene rings is 1. The van der Waals surface area contributed by atoms with E-state index in [0.29, 0.717) is 18.1 Å². The molecule has 2 aromatic rings. The van der Waals surface area contributed by atoms with Gasteiger partial charge in [0, 0.05) is 24.4 Å². The normalized spacial score (nSPS) is 10.8. The Balaban J connectivity index is 2.04. The summed E-state index contributed by atoms with van der Waals surface area (Å²) in [5.41, 5.74) is 1.71. The summed E-state index contributed by atoms with van der Waals surface area (Å²) in [7, 11) is 0. The Morgan fingerprint density at radius 1 is 1.25 bits per heavy atom. The van der Waals surface area contributed by atoms with Gasteiger partial charge in [0.05, 0.1) is 5.69 Å². The number of aryl methyl sites for hydroxylation is 2. The van der Waals surface area contributed by atoms with Crippen LogP contribution in [0.15, 0.2) is 34.7 Å². The van der Waals surface area contributed by atoms with Crippen LogP contribution in [0.5, 0.6) is 0 Å². The first-order valence-corrected chi connectivity index (χ1v) is 7.91. The van der Waals surface area contributed by atoms with Crippen molar-refractivity contribution in [2.75, 3.05) is 6.54 Å². The molecule has 1 heterocycles. The number of oxazole rings is 1. The second kappa shape index (κ2) is 7.77. The van der Waals surface area contributed by atoms with E-state index >= 15 is 0 Å². The van der Waals surface area contributed by atoms with E-state index in [-0.39, 0.29) is 24.9 Å². The highest BCUT2D eigenvalue weighted by Crippen LogP contribution is 2.24. The van der Waals surface area contributed by atoms with Gasteiger partial charge in [0.15, 0.2) is 11.7 Å². The molecule has 1 N–H and O–H groups in total. The maximum absolute atomic E-state index is 12.2.